The van der Waals surface area contributed by atoms with Gasteiger partial charge >= 0.3 is 0 Å². The Balaban J connectivity index is 1.70. The van der Waals surface area contributed by atoms with Crippen molar-refractivity contribution in [2.75, 3.05) is 31.2 Å². The Hall–Kier alpha value is -3.00. The summed E-state index contributed by atoms with van der Waals surface area (Å²) in [4.78, 5) is 29.4. The standard InChI is InChI=1S/C18H20N4O4/c1-13-11-14(4-5-16(13)22(24)25)18(23)20-12-15-3-2-6-19-17(15)21-7-9-26-10-8-21/h2-6,11H,7-10,12H2,1H3,(H,20,23). The van der Waals surface area contributed by atoms with E-state index in [-0.39, 0.29) is 11.6 Å². The fourth-order valence-electron chi connectivity index (χ4n) is 2.91. The monoisotopic (exact) mass is 356 g/mol. The van der Waals surface area contributed by atoms with Gasteiger partial charge in [0.1, 0.15) is 5.82 Å². The van der Waals surface area contributed by atoms with Crippen molar-refractivity contribution >= 4 is 17.4 Å². The van der Waals surface area contributed by atoms with Crippen molar-refractivity contribution in [1.29, 1.82) is 0 Å². The second-order valence-corrected chi connectivity index (χ2v) is 6.03. The number of carbonyl (C=O) groups excluding carboxylic acids is 1. The van der Waals surface area contributed by atoms with Crippen LogP contribution in [0.3, 0.4) is 0 Å². The van der Waals surface area contributed by atoms with Gasteiger partial charge in [0.05, 0.1) is 18.1 Å². The molecule has 26 heavy (non-hydrogen) atoms. The fraction of sp³-hybridized carbons (Fsp3) is 0.333. The van der Waals surface area contributed by atoms with Crippen LogP contribution in [0.4, 0.5) is 11.5 Å². The lowest BCUT2D eigenvalue weighted by molar-refractivity contribution is -0.385. The van der Waals surface area contributed by atoms with E-state index in [1.54, 1.807) is 13.1 Å². The topological polar surface area (TPSA) is 97.6 Å². The lowest BCUT2D eigenvalue weighted by atomic mass is 10.1. The summed E-state index contributed by atoms with van der Waals surface area (Å²) >= 11 is 0. The van der Waals surface area contributed by atoms with Crippen LogP contribution < -0.4 is 10.2 Å². The summed E-state index contributed by atoms with van der Waals surface area (Å²) in [6.45, 7) is 4.79. The Morgan fingerprint density at radius 2 is 2.12 bits per heavy atom. The lowest BCUT2D eigenvalue weighted by Crippen LogP contribution is -2.37. The van der Waals surface area contributed by atoms with E-state index in [9.17, 15) is 14.9 Å². The first-order chi connectivity index (χ1) is 12.6. The second kappa shape index (κ2) is 7.92. The first-order valence-electron chi connectivity index (χ1n) is 8.36. The molecule has 1 N–H and O–H groups in total. The summed E-state index contributed by atoms with van der Waals surface area (Å²) in [7, 11) is 0. The summed E-state index contributed by atoms with van der Waals surface area (Å²) in [5, 5.41) is 13.7. The van der Waals surface area contributed by atoms with Crippen LogP contribution in [0.5, 0.6) is 0 Å². The molecule has 1 fully saturated rings. The van der Waals surface area contributed by atoms with Crippen LogP contribution in [-0.4, -0.2) is 42.1 Å². The number of ether oxygens (including phenoxy) is 1. The number of benzene rings is 1. The quantitative estimate of drug-likeness (QED) is 0.650. The summed E-state index contributed by atoms with van der Waals surface area (Å²) in [5.74, 6) is 0.566. The van der Waals surface area contributed by atoms with Gasteiger partial charge in [-0.1, -0.05) is 6.07 Å². The van der Waals surface area contributed by atoms with Crippen LogP contribution in [0.25, 0.3) is 0 Å². The Labute approximate surface area is 150 Å². The van der Waals surface area contributed by atoms with Crippen LogP contribution in [0.15, 0.2) is 36.5 Å². The number of rotatable bonds is 5. The van der Waals surface area contributed by atoms with Crippen molar-refractivity contribution in [3.63, 3.8) is 0 Å². The lowest BCUT2D eigenvalue weighted by Gasteiger charge is -2.29. The maximum Gasteiger partial charge on any atom is 0.272 e. The molecule has 8 nitrogen and oxygen atoms in total. The number of amides is 1. The van der Waals surface area contributed by atoms with Crippen molar-refractivity contribution in [3.8, 4) is 0 Å². The number of hydrogen-bond acceptors (Lipinski definition) is 6. The number of nitro groups is 1. The highest BCUT2D eigenvalue weighted by molar-refractivity contribution is 5.94. The molecule has 136 valence electrons. The molecule has 2 aromatic rings. The maximum atomic E-state index is 12.4. The van der Waals surface area contributed by atoms with Crippen LogP contribution in [0, 0.1) is 17.0 Å². The minimum atomic E-state index is -0.457. The zero-order chi connectivity index (χ0) is 18.5. The van der Waals surface area contributed by atoms with Crippen molar-refractivity contribution in [1.82, 2.24) is 10.3 Å². The molecule has 1 aromatic heterocycles. The summed E-state index contributed by atoms with van der Waals surface area (Å²) in [5.41, 5.74) is 1.77. The van der Waals surface area contributed by atoms with E-state index in [1.165, 1.54) is 18.2 Å². The number of nitrogens with zero attached hydrogens (tertiary/aromatic N) is 3. The predicted octanol–water partition coefficient (Wildman–Crippen LogP) is 2.06. The molecule has 1 saturated heterocycles. The van der Waals surface area contributed by atoms with Crippen LogP contribution in [-0.2, 0) is 11.3 Å². The molecule has 0 bridgehead atoms. The molecule has 1 aromatic carbocycles. The van der Waals surface area contributed by atoms with E-state index < -0.39 is 4.92 Å². The van der Waals surface area contributed by atoms with Gasteiger partial charge in [0, 0.05) is 48.6 Å². The highest BCUT2D eigenvalue weighted by atomic mass is 16.6. The molecule has 0 saturated carbocycles. The number of morpholine rings is 1. The highest BCUT2D eigenvalue weighted by Gasteiger charge is 2.17. The minimum Gasteiger partial charge on any atom is -0.378 e. The summed E-state index contributed by atoms with van der Waals surface area (Å²) in [6.07, 6.45) is 1.73. The molecule has 0 aliphatic carbocycles. The van der Waals surface area contributed by atoms with Gasteiger partial charge in [-0.05, 0) is 25.1 Å². The molecule has 0 spiro atoms. The molecular weight excluding hydrogens is 336 g/mol. The first-order valence-corrected chi connectivity index (χ1v) is 8.36. The van der Waals surface area contributed by atoms with Crippen molar-refractivity contribution in [2.24, 2.45) is 0 Å². The molecule has 3 rings (SSSR count). The van der Waals surface area contributed by atoms with Gasteiger partial charge in [0.25, 0.3) is 11.6 Å². The third-order valence-electron chi connectivity index (χ3n) is 4.27. The van der Waals surface area contributed by atoms with Crippen molar-refractivity contribution in [2.45, 2.75) is 13.5 Å². The Kier molecular flexibility index (Phi) is 5.43. The number of nitrogens with one attached hydrogen (secondary N) is 1. The average Bonchev–Trinajstić information content (AvgIpc) is 2.66. The Bertz CT molecular complexity index is 819. The second-order valence-electron chi connectivity index (χ2n) is 6.03. The van der Waals surface area contributed by atoms with E-state index in [2.05, 4.69) is 15.2 Å². The van der Waals surface area contributed by atoms with E-state index in [1.807, 2.05) is 12.1 Å². The molecule has 1 amide bonds. The third kappa shape index (κ3) is 3.97. The number of hydrogen-bond donors (Lipinski definition) is 1. The Morgan fingerprint density at radius 3 is 2.81 bits per heavy atom. The molecular formula is C18H20N4O4. The van der Waals surface area contributed by atoms with E-state index >= 15 is 0 Å². The summed E-state index contributed by atoms with van der Waals surface area (Å²) < 4.78 is 5.37. The number of aryl methyl sites for hydroxylation is 1. The maximum absolute atomic E-state index is 12.4. The zero-order valence-electron chi connectivity index (χ0n) is 14.5. The van der Waals surface area contributed by atoms with Gasteiger partial charge in [-0.25, -0.2) is 4.98 Å². The number of carbonyl (C=O) groups is 1. The van der Waals surface area contributed by atoms with Crippen LogP contribution >= 0.6 is 0 Å². The normalized spacial score (nSPS) is 14.1. The number of nitro benzene ring substituents is 1. The molecule has 8 heteroatoms. The number of aromatic nitrogens is 1. The van der Waals surface area contributed by atoms with Crippen LogP contribution in [0.1, 0.15) is 21.5 Å². The SMILES string of the molecule is Cc1cc(C(=O)NCc2cccnc2N2CCOCC2)ccc1[N+](=O)[O-]. The highest BCUT2D eigenvalue weighted by Crippen LogP contribution is 2.20. The average molecular weight is 356 g/mol. The van der Waals surface area contributed by atoms with Crippen molar-refractivity contribution < 1.29 is 14.5 Å². The number of pyridine rings is 1. The molecule has 0 unspecified atom stereocenters. The largest absolute Gasteiger partial charge is 0.378 e. The fourth-order valence-corrected chi connectivity index (χ4v) is 2.91. The zero-order valence-corrected chi connectivity index (χ0v) is 14.5. The van der Waals surface area contributed by atoms with Gasteiger partial charge < -0.3 is 15.0 Å². The predicted molar refractivity (Wildman–Crippen MR) is 96.3 cm³/mol. The summed E-state index contributed by atoms with van der Waals surface area (Å²) in [6, 6.07) is 8.11. The van der Waals surface area contributed by atoms with Crippen LogP contribution in [0.2, 0.25) is 0 Å². The van der Waals surface area contributed by atoms with Gasteiger partial charge in [-0.2, -0.15) is 0 Å². The smallest absolute Gasteiger partial charge is 0.272 e. The minimum absolute atomic E-state index is 0.00316. The first kappa shape index (κ1) is 17.8. The van der Waals surface area contributed by atoms with Gasteiger partial charge in [-0.3, -0.25) is 14.9 Å². The third-order valence-corrected chi connectivity index (χ3v) is 4.27. The van der Waals surface area contributed by atoms with E-state index in [0.29, 0.717) is 30.9 Å². The van der Waals surface area contributed by atoms with Gasteiger partial charge in [0.15, 0.2) is 0 Å². The van der Waals surface area contributed by atoms with E-state index in [4.69, 9.17) is 4.74 Å². The molecule has 2 heterocycles. The molecule has 1 aliphatic rings. The number of anilines is 1. The Morgan fingerprint density at radius 1 is 1.35 bits per heavy atom. The molecule has 0 radical (unpaired) electrons. The van der Waals surface area contributed by atoms with Gasteiger partial charge in [-0.15, -0.1) is 0 Å². The van der Waals surface area contributed by atoms with E-state index in [0.717, 1.165) is 24.5 Å². The molecule has 0 atom stereocenters. The molecule has 1 aliphatic heterocycles. The van der Waals surface area contributed by atoms with Crippen molar-refractivity contribution in [3.05, 3.63) is 63.3 Å². The van der Waals surface area contributed by atoms with Gasteiger partial charge in [0.2, 0.25) is 0 Å².